The Bertz CT molecular complexity index is 649. The van der Waals surface area contributed by atoms with Crippen molar-refractivity contribution in [2.75, 3.05) is 6.61 Å². The number of rotatable bonds is 5. The molecule has 3 N–H and O–H groups in total. The average molecular weight is 292 g/mol. The Morgan fingerprint density at radius 1 is 1.38 bits per heavy atom. The molecular formula is C16H21FN2O2. The topological polar surface area (TPSA) is 65.1 Å². The van der Waals surface area contributed by atoms with Crippen molar-refractivity contribution < 1.29 is 14.3 Å². The molecule has 0 radical (unpaired) electrons. The second-order valence-corrected chi connectivity index (χ2v) is 5.70. The quantitative estimate of drug-likeness (QED) is 0.793. The number of aryl methyl sites for hydroxylation is 1. The van der Waals surface area contributed by atoms with Crippen LogP contribution in [-0.4, -0.2) is 28.6 Å². The van der Waals surface area contributed by atoms with Gasteiger partial charge in [0.05, 0.1) is 0 Å². The maximum absolute atomic E-state index is 13.4. The lowest BCUT2D eigenvalue weighted by atomic mass is 10.0. The molecule has 0 fully saturated rings. The number of halogens is 1. The molecule has 0 aliphatic rings. The molecular weight excluding hydrogens is 271 g/mol. The van der Waals surface area contributed by atoms with Gasteiger partial charge >= 0.3 is 0 Å². The third-order valence-corrected chi connectivity index (χ3v) is 3.72. The fraction of sp³-hybridized carbons (Fsp3) is 0.438. The van der Waals surface area contributed by atoms with Gasteiger partial charge in [-0.05, 0) is 43.0 Å². The Balaban J connectivity index is 2.25. The Kier molecular flexibility index (Phi) is 4.63. The minimum Gasteiger partial charge on any atom is -0.396 e. The number of aliphatic hydroxyl groups excluding tert-OH is 1. The van der Waals surface area contributed by atoms with E-state index in [4.69, 9.17) is 5.11 Å². The zero-order valence-corrected chi connectivity index (χ0v) is 12.5. The summed E-state index contributed by atoms with van der Waals surface area (Å²) in [5.74, 6) is -0.336. The Hall–Kier alpha value is -1.88. The smallest absolute Gasteiger partial charge is 0.267 e. The van der Waals surface area contributed by atoms with E-state index in [0.29, 0.717) is 17.6 Å². The first-order chi connectivity index (χ1) is 9.92. The summed E-state index contributed by atoms with van der Waals surface area (Å²) in [6.07, 6.45) is 0.511. The molecule has 0 bridgehead atoms. The number of aromatic nitrogens is 1. The SMILES string of the molecule is Cc1cc(F)cc2[nH]c(C(=O)NC(CCO)C(C)C)cc12. The first-order valence-electron chi connectivity index (χ1n) is 7.13. The highest BCUT2D eigenvalue weighted by atomic mass is 19.1. The van der Waals surface area contributed by atoms with E-state index in [1.807, 2.05) is 20.8 Å². The third kappa shape index (κ3) is 3.42. The number of aromatic amines is 1. The second kappa shape index (κ2) is 6.26. The molecule has 2 rings (SSSR count). The van der Waals surface area contributed by atoms with Crippen LogP contribution in [0.3, 0.4) is 0 Å². The van der Waals surface area contributed by atoms with Crippen molar-refractivity contribution in [1.29, 1.82) is 0 Å². The van der Waals surface area contributed by atoms with Gasteiger partial charge in [0.2, 0.25) is 0 Å². The van der Waals surface area contributed by atoms with Crippen LogP contribution in [0.15, 0.2) is 18.2 Å². The number of nitrogens with one attached hydrogen (secondary N) is 2. The molecule has 1 aromatic carbocycles. The van der Waals surface area contributed by atoms with Gasteiger partial charge in [0, 0.05) is 23.6 Å². The highest BCUT2D eigenvalue weighted by molar-refractivity contribution is 5.99. The monoisotopic (exact) mass is 292 g/mol. The third-order valence-electron chi connectivity index (χ3n) is 3.72. The molecule has 1 amide bonds. The number of carbonyl (C=O) groups excluding carboxylic acids is 1. The molecule has 4 nitrogen and oxygen atoms in total. The van der Waals surface area contributed by atoms with Crippen LogP contribution in [0.25, 0.3) is 10.9 Å². The number of carbonyl (C=O) groups is 1. The fourth-order valence-corrected chi connectivity index (χ4v) is 2.45. The first-order valence-corrected chi connectivity index (χ1v) is 7.13. The van der Waals surface area contributed by atoms with Crippen LogP contribution in [0.2, 0.25) is 0 Å². The number of H-pyrrole nitrogens is 1. The summed E-state index contributed by atoms with van der Waals surface area (Å²) >= 11 is 0. The zero-order valence-electron chi connectivity index (χ0n) is 12.5. The number of benzene rings is 1. The van der Waals surface area contributed by atoms with Crippen molar-refractivity contribution >= 4 is 16.8 Å². The van der Waals surface area contributed by atoms with Gasteiger partial charge in [0.1, 0.15) is 11.5 Å². The van der Waals surface area contributed by atoms with Gasteiger partial charge < -0.3 is 15.4 Å². The summed E-state index contributed by atoms with van der Waals surface area (Å²) in [5, 5.41) is 12.8. The van der Waals surface area contributed by atoms with Crippen LogP contribution in [0.1, 0.15) is 36.3 Å². The molecule has 1 aromatic heterocycles. The van der Waals surface area contributed by atoms with E-state index in [9.17, 15) is 9.18 Å². The summed E-state index contributed by atoms with van der Waals surface area (Å²) in [4.78, 5) is 15.2. The maximum atomic E-state index is 13.4. The largest absolute Gasteiger partial charge is 0.396 e. The lowest BCUT2D eigenvalue weighted by Gasteiger charge is -2.21. The van der Waals surface area contributed by atoms with Crippen molar-refractivity contribution in [1.82, 2.24) is 10.3 Å². The van der Waals surface area contributed by atoms with Crippen molar-refractivity contribution in [3.05, 3.63) is 35.3 Å². The standard InChI is InChI=1S/C16H21FN2O2/c1-9(2)13(4-5-20)19-16(21)15-8-12-10(3)6-11(17)7-14(12)18-15/h6-9,13,18,20H,4-5H2,1-3H3,(H,19,21). The van der Waals surface area contributed by atoms with Gasteiger partial charge in [-0.2, -0.15) is 0 Å². The lowest BCUT2D eigenvalue weighted by molar-refractivity contribution is 0.0912. The van der Waals surface area contributed by atoms with Crippen LogP contribution in [0, 0.1) is 18.7 Å². The van der Waals surface area contributed by atoms with E-state index in [1.165, 1.54) is 12.1 Å². The summed E-state index contributed by atoms with van der Waals surface area (Å²) in [6, 6.07) is 4.47. The molecule has 114 valence electrons. The highest BCUT2D eigenvalue weighted by Gasteiger charge is 2.18. The molecule has 1 heterocycles. The molecule has 1 atom stereocenters. The lowest BCUT2D eigenvalue weighted by Crippen LogP contribution is -2.39. The Morgan fingerprint density at radius 2 is 2.10 bits per heavy atom. The van der Waals surface area contributed by atoms with Crippen LogP contribution in [0.5, 0.6) is 0 Å². The summed E-state index contributed by atoms with van der Waals surface area (Å²) in [7, 11) is 0. The molecule has 0 spiro atoms. The van der Waals surface area contributed by atoms with Gasteiger partial charge in [-0.25, -0.2) is 4.39 Å². The number of aliphatic hydroxyl groups is 1. The minimum absolute atomic E-state index is 0.0279. The van der Waals surface area contributed by atoms with Gasteiger partial charge in [-0.3, -0.25) is 4.79 Å². The Morgan fingerprint density at radius 3 is 2.71 bits per heavy atom. The first kappa shape index (κ1) is 15.5. The van der Waals surface area contributed by atoms with E-state index in [2.05, 4.69) is 10.3 Å². The average Bonchev–Trinajstić information content (AvgIpc) is 2.82. The van der Waals surface area contributed by atoms with Crippen molar-refractivity contribution in [2.24, 2.45) is 5.92 Å². The van der Waals surface area contributed by atoms with Crippen LogP contribution in [0.4, 0.5) is 4.39 Å². The molecule has 1 unspecified atom stereocenters. The van der Waals surface area contributed by atoms with Gasteiger partial charge in [-0.1, -0.05) is 13.8 Å². The predicted octanol–water partition coefficient (Wildman–Crippen LogP) is 2.75. The summed E-state index contributed by atoms with van der Waals surface area (Å²) < 4.78 is 13.4. The molecule has 0 aliphatic heterocycles. The van der Waals surface area contributed by atoms with Gasteiger partial charge in [-0.15, -0.1) is 0 Å². The zero-order chi connectivity index (χ0) is 15.6. The normalized spacial score (nSPS) is 12.9. The minimum atomic E-state index is -0.325. The molecule has 0 saturated heterocycles. The van der Waals surface area contributed by atoms with E-state index >= 15 is 0 Å². The van der Waals surface area contributed by atoms with E-state index in [1.54, 1.807) is 6.07 Å². The predicted molar refractivity (Wildman–Crippen MR) is 80.8 cm³/mol. The maximum Gasteiger partial charge on any atom is 0.267 e. The van der Waals surface area contributed by atoms with Crippen molar-refractivity contribution in [3.63, 3.8) is 0 Å². The molecule has 0 aliphatic carbocycles. The van der Waals surface area contributed by atoms with Crippen LogP contribution >= 0.6 is 0 Å². The fourth-order valence-electron chi connectivity index (χ4n) is 2.45. The molecule has 5 heteroatoms. The Labute approximate surface area is 123 Å². The molecule has 0 saturated carbocycles. The molecule has 21 heavy (non-hydrogen) atoms. The highest BCUT2D eigenvalue weighted by Crippen LogP contribution is 2.21. The van der Waals surface area contributed by atoms with Gasteiger partial charge in [0.15, 0.2) is 0 Å². The number of amides is 1. The van der Waals surface area contributed by atoms with Crippen molar-refractivity contribution in [2.45, 2.75) is 33.2 Å². The van der Waals surface area contributed by atoms with Gasteiger partial charge in [0.25, 0.3) is 5.91 Å². The van der Waals surface area contributed by atoms with Crippen LogP contribution < -0.4 is 5.32 Å². The van der Waals surface area contributed by atoms with E-state index in [-0.39, 0.29) is 30.3 Å². The molecule has 2 aromatic rings. The number of hydrogen-bond acceptors (Lipinski definition) is 2. The number of hydrogen-bond donors (Lipinski definition) is 3. The van der Waals surface area contributed by atoms with E-state index < -0.39 is 0 Å². The summed E-state index contributed by atoms with van der Waals surface area (Å²) in [6.45, 7) is 5.82. The van der Waals surface area contributed by atoms with E-state index in [0.717, 1.165) is 10.9 Å². The second-order valence-electron chi connectivity index (χ2n) is 5.70. The summed E-state index contributed by atoms with van der Waals surface area (Å²) in [5.41, 5.74) is 1.80. The number of fused-ring (bicyclic) bond motifs is 1. The van der Waals surface area contributed by atoms with Crippen molar-refractivity contribution in [3.8, 4) is 0 Å². The van der Waals surface area contributed by atoms with Crippen LogP contribution in [-0.2, 0) is 0 Å².